The van der Waals surface area contributed by atoms with E-state index in [2.05, 4.69) is 34.4 Å². The molecular formula is C15H32N4. The monoisotopic (exact) mass is 268 g/mol. The molecule has 0 aromatic heterocycles. The van der Waals surface area contributed by atoms with E-state index in [1.54, 1.807) is 0 Å². The molecule has 1 fully saturated rings. The second-order valence-corrected chi connectivity index (χ2v) is 5.51. The van der Waals surface area contributed by atoms with E-state index in [1.165, 1.54) is 51.6 Å². The van der Waals surface area contributed by atoms with E-state index in [1.807, 2.05) is 7.05 Å². The van der Waals surface area contributed by atoms with Gasteiger partial charge in [-0.2, -0.15) is 0 Å². The van der Waals surface area contributed by atoms with Gasteiger partial charge in [-0.15, -0.1) is 0 Å². The summed E-state index contributed by atoms with van der Waals surface area (Å²) in [5.41, 5.74) is 0. The van der Waals surface area contributed by atoms with Crippen LogP contribution in [0.25, 0.3) is 0 Å². The molecule has 1 aliphatic heterocycles. The summed E-state index contributed by atoms with van der Waals surface area (Å²) in [6, 6.07) is 0.774. The highest BCUT2D eigenvalue weighted by Crippen LogP contribution is 2.15. The Bertz CT molecular complexity index is 253. The zero-order chi connectivity index (χ0) is 13.9. The van der Waals surface area contributed by atoms with E-state index in [9.17, 15) is 0 Å². The van der Waals surface area contributed by atoms with Gasteiger partial charge in [0.15, 0.2) is 5.96 Å². The van der Waals surface area contributed by atoms with Crippen molar-refractivity contribution < 1.29 is 0 Å². The first kappa shape index (κ1) is 16.3. The lowest BCUT2D eigenvalue weighted by Crippen LogP contribution is -2.41. The molecule has 1 aliphatic rings. The average molecular weight is 268 g/mol. The number of nitrogens with zero attached hydrogens (tertiary/aromatic N) is 2. The summed E-state index contributed by atoms with van der Waals surface area (Å²) in [4.78, 5) is 6.86. The predicted molar refractivity (Wildman–Crippen MR) is 83.8 cm³/mol. The van der Waals surface area contributed by atoms with Crippen LogP contribution in [0, 0.1) is 0 Å². The molecule has 1 saturated heterocycles. The molecule has 1 heterocycles. The number of piperidine rings is 1. The van der Waals surface area contributed by atoms with Crippen LogP contribution in [0.4, 0.5) is 0 Å². The van der Waals surface area contributed by atoms with Crippen molar-refractivity contribution in [3.05, 3.63) is 0 Å². The van der Waals surface area contributed by atoms with Crippen molar-refractivity contribution in [1.29, 1.82) is 0 Å². The number of nitrogens with one attached hydrogen (secondary N) is 2. The van der Waals surface area contributed by atoms with Gasteiger partial charge in [0.1, 0.15) is 0 Å². The highest BCUT2D eigenvalue weighted by atomic mass is 15.2. The maximum atomic E-state index is 4.24. The number of hydrogen-bond acceptors (Lipinski definition) is 2. The normalized spacial score (nSPS) is 21.4. The van der Waals surface area contributed by atoms with Crippen molar-refractivity contribution in [3.63, 3.8) is 0 Å². The van der Waals surface area contributed by atoms with Gasteiger partial charge in [0, 0.05) is 32.7 Å². The highest BCUT2D eigenvalue weighted by molar-refractivity contribution is 5.79. The molecule has 4 heteroatoms. The summed E-state index contributed by atoms with van der Waals surface area (Å²) in [6.45, 7) is 9.08. The number of rotatable bonds is 7. The Morgan fingerprint density at radius 2 is 1.95 bits per heavy atom. The smallest absolute Gasteiger partial charge is 0.190 e. The number of unbranched alkanes of at least 4 members (excludes halogenated alkanes) is 1. The predicted octanol–water partition coefficient (Wildman–Crippen LogP) is 2.22. The number of likely N-dealkylation sites (tertiary alicyclic amines) is 1. The topological polar surface area (TPSA) is 39.7 Å². The van der Waals surface area contributed by atoms with E-state index in [0.717, 1.165) is 25.1 Å². The van der Waals surface area contributed by atoms with Gasteiger partial charge >= 0.3 is 0 Å². The minimum Gasteiger partial charge on any atom is -0.356 e. The average Bonchev–Trinajstić information content (AvgIpc) is 2.43. The molecule has 0 aliphatic carbocycles. The van der Waals surface area contributed by atoms with Gasteiger partial charge in [0.2, 0.25) is 0 Å². The third-order valence-corrected chi connectivity index (χ3v) is 3.90. The van der Waals surface area contributed by atoms with Gasteiger partial charge in [0.05, 0.1) is 0 Å². The van der Waals surface area contributed by atoms with Crippen LogP contribution in [0.2, 0.25) is 0 Å². The van der Waals surface area contributed by atoms with Crippen molar-refractivity contribution in [2.75, 3.05) is 33.2 Å². The van der Waals surface area contributed by atoms with Crippen LogP contribution in [-0.2, 0) is 0 Å². The molecule has 4 nitrogen and oxygen atoms in total. The van der Waals surface area contributed by atoms with Crippen LogP contribution in [0.1, 0.15) is 52.4 Å². The molecule has 0 aromatic carbocycles. The van der Waals surface area contributed by atoms with Crippen molar-refractivity contribution in [1.82, 2.24) is 15.5 Å². The molecule has 0 spiro atoms. The number of hydrogen-bond donors (Lipinski definition) is 2. The Hall–Kier alpha value is -0.770. The molecule has 0 radical (unpaired) electrons. The molecule has 1 atom stereocenters. The van der Waals surface area contributed by atoms with Gasteiger partial charge in [0.25, 0.3) is 0 Å². The molecule has 0 amide bonds. The van der Waals surface area contributed by atoms with Gasteiger partial charge in [-0.1, -0.05) is 19.8 Å². The van der Waals surface area contributed by atoms with Gasteiger partial charge < -0.3 is 15.5 Å². The molecule has 0 aromatic rings. The van der Waals surface area contributed by atoms with Crippen molar-refractivity contribution in [3.8, 4) is 0 Å². The molecule has 1 rings (SSSR count). The molecule has 112 valence electrons. The lowest BCUT2D eigenvalue weighted by Gasteiger charge is -2.33. The third kappa shape index (κ3) is 6.81. The fourth-order valence-electron chi connectivity index (χ4n) is 2.58. The molecule has 0 saturated carbocycles. The highest BCUT2D eigenvalue weighted by Gasteiger charge is 2.16. The van der Waals surface area contributed by atoms with Crippen LogP contribution in [0.15, 0.2) is 4.99 Å². The fraction of sp³-hybridized carbons (Fsp3) is 0.933. The van der Waals surface area contributed by atoms with Crippen LogP contribution < -0.4 is 10.6 Å². The Morgan fingerprint density at radius 1 is 1.21 bits per heavy atom. The van der Waals surface area contributed by atoms with Crippen LogP contribution in [-0.4, -0.2) is 50.1 Å². The first-order valence-corrected chi connectivity index (χ1v) is 7.96. The first-order valence-electron chi connectivity index (χ1n) is 7.96. The van der Waals surface area contributed by atoms with Gasteiger partial charge in [-0.05, 0) is 39.2 Å². The van der Waals surface area contributed by atoms with Crippen molar-refractivity contribution >= 4 is 5.96 Å². The quantitative estimate of drug-likeness (QED) is 0.422. The minimum absolute atomic E-state index is 0.774. The standard InChI is InChI=1S/C15H32N4/c1-4-5-10-17-15(16-3)18-11-8-13-19-12-7-6-9-14(19)2/h14H,4-13H2,1-3H3,(H2,16,17,18). The largest absolute Gasteiger partial charge is 0.356 e. The number of aliphatic imine (C=N–C) groups is 1. The first-order chi connectivity index (χ1) is 9.27. The Labute approximate surface area is 119 Å². The molecular weight excluding hydrogens is 236 g/mol. The third-order valence-electron chi connectivity index (χ3n) is 3.90. The second-order valence-electron chi connectivity index (χ2n) is 5.51. The lowest BCUT2D eigenvalue weighted by atomic mass is 10.0. The van der Waals surface area contributed by atoms with E-state index in [-0.39, 0.29) is 0 Å². The summed E-state index contributed by atoms with van der Waals surface area (Å²) < 4.78 is 0. The van der Waals surface area contributed by atoms with E-state index in [4.69, 9.17) is 0 Å². The minimum atomic E-state index is 0.774. The molecule has 0 bridgehead atoms. The second kappa shape index (κ2) is 10.1. The van der Waals surface area contributed by atoms with Crippen LogP contribution in [0.5, 0.6) is 0 Å². The summed E-state index contributed by atoms with van der Waals surface area (Å²) >= 11 is 0. The van der Waals surface area contributed by atoms with Crippen LogP contribution in [0.3, 0.4) is 0 Å². The summed E-state index contributed by atoms with van der Waals surface area (Å²) in [5.74, 6) is 0.945. The van der Waals surface area contributed by atoms with Crippen LogP contribution >= 0.6 is 0 Å². The van der Waals surface area contributed by atoms with Crippen molar-refractivity contribution in [2.45, 2.75) is 58.4 Å². The maximum Gasteiger partial charge on any atom is 0.190 e. The molecule has 2 N–H and O–H groups in total. The Balaban J connectivity index is 2.08. The van der Waals surface area contributed by atoms with Crippen molar-refractivity contribution in [2.24, 2.45) is 4.99 Å². The molecule has 19 heavy (non-hydrogen) atoms. The SMILES string of the molecule is CCCCNC(=NC)NCCCN1CCCCC1C. The maximum absolute atomic E-state index is 4.24. The summed E-state index contributed by atoms with van der Waals surface area (Å²) in [5, 5.41) is 6.74. The van der Waals surface area contributed by atoms with Gasteiger partial charge in [-0.3, -0.25) is 4.99 Å². The summed E-state index contributed by atoms with van der Waals surface area (Å²) in [7, 11) is 1.84. The molecule has 1 unspecified atom stereocenters. The van der Waals surface area contributed by atoms with E-state index < -0.39 is 0 Å². The Kier molecular flexibility index (Phi) is 8.63. The lowest BCUT2D eigenvalue weighted by molar-refractivity contribution is 0.159. The van der Waals surface area contributed by atoms with Gasteiger partial charge in [-0.25, -0.2) is 0 Å². The zero-order valence-electron chi connectivity index (χ0n) is 13.0. The fourth-order valence-corrected chi connectivity index (χ4v) is 2.58. The van der Waals surface area contributed by atoms with E-state index >= 15 is 0 Å². The number of guanidine groups is 1. The zero-order valence-corrected chi connectivity index (χ0v) is 13.0. The van der Waals surface area contributed by atoms with E-state index in [0.29, 0.717) is 0 Å². The summed E-state index contributed by atoms with van der Waals surface area (Å²) in [6.07, 6.45) is 7.76. The Morgan fingerprint density at radius 3 is 2.58 bits per heavy atom.